The number of alkyl halides is 1. The molecule has 3 amide bonds. The smallest absolute Gasteiger partial charge is 0.313 e. The summed E-state index contributed by atoms with van der Waals surface area (Å²) in [6.07, 6.45) is 4.49. The fourth-order valence-corrected chi connectivity index (χ4v) is 9.23. The van der Waals surface area contributed by atoms with Gasteiger partial charge in [0.05, 0.1) is 34.7 Å². The van der Waals surface area contributed by atoms with Crippen LogP contribution in [0.1, 0.15) is 62.7 Å². The first-order chi connectivity index (χ1) is 24.5. The summed E-state index contributed by atoms with van der Waals surface area (Å²) in [4.78, 5) is 59.5. The second-order valence-corrected chi connectivity index (χ2v) is 15.2. The number of carbonyl (C=O) groups is 4. The van der Waals surface area contributed by atoms with E-state index in [9.17, 15) is 24.3 Å². The second kappa shape index (κ2) is 16.9. The third-order valence-corrected chi connectivity index (χ3v) is 11.3. The number of unbranched alkanes of at least 4 members (excludes halogenated alkanes) is 2. The normalized spacial score (nSPS) is 25.9. The summed E-state index contributed by atoms with van der Waals surface area (Å²) in [7, 11) is 0. The zero-order valence-corrected chi connectivity index (χ0v) is 31.5. The number of nitrogens with one attached hydrogen (secondary N) is 1. The standard InChI is InChI=1S/C39H47BrClN3O7/c1-5-7-19-29(46)42-25(4)33(26-16-10-8-11-17-26)50-38(49)30-31-36(47)44(21-12-9-13-22-45)35(39(31)23-27(40)34(30)51-39)37(48)43(20-6-2)32-24(3)15-14-18-28(32)41/h5-6,8,10-11,14-18,25,27,30-31,33-35,45H,1-2,7,9,12-13,19-23H2,3-4H3,(H,42,46)/t25-,27?,30-,31+,33-,34-,35-,39+/m0/s1. The highest BCUT2D eigenvalue weighted by Gasteiger charge is 2.77. The third-order valence-electron chi connectivity index (χ3n) is 10.2. The molecule has 5 rings (SSSR count). The quantitative estimate of drug-likeness (QED) is 0.0895. The number of rotatable bonds is 17. The van der Waals surface area contributed by atoms with Crippen LogP contribution in [-0.2, 0) is 28.7 Å². The highest BCUT2D eigenvalue weighted by Crippen LogP contribution is 2.60. The predicted molar refractivity (Wildman–Crippen MR) is 199 cm³/mol. The molecule has 0 aliphatic carbocycles. The Morgan fingerprint density at radius 2 is 1.90 bits per heavy atom. The van der Waals surface area contributed by atoms with Crippen LogP contribution in [0.4, 0.5) is 5.69 Å². The Labute approximate surface area is 313 Å². The van der Waals surface area contributed by atoms with Gasteiger partial charge in [-0.3, -0.25) is 19.2 Å². The summed E-state index contributed by atoms with van der Waals surface area (Å²) < 4.78 is 13.0. The number of esters is 1. The molecule has 0 radical (unpaired) electrons. The Balaban J connectivity index is 1.52. The van der Waals surface area contributed by atoms with E-state index in [0.29, 0.717) is 48.4 Å². The van der Waals surface area contributed by atoms with Crippen molar-refractivity contribution >= 4 is 56.9 Å². The topological polar surface area (TPSA) is 125 Å². The van der Waals surface area contributed by atoms with Crippen molar-refractivity contribution in [1.29, 1.82) is 0 Å². The van der Waals surface area contributed by atoms with Gasteiger partial charge in [-0.1, -0.05) is 82.1 Å². The number of amides is 3. The molecule has 0 aromatic heterocycles. The summed E-state index contributed by atoms with van der Waals surface area (Å²) in [5.74, 6) is -3.57. The van der Waals surface area contributed by atoms with Crippen molar-refractivity contribution in [3.05, 3.63) is 90.0 Å². The van der Waals surface area contributed by atoms with Gasteiger partial charge in [-0.05, 0) is 63.1 Å². The molecular weight excluding hydrogens is 738 g/mol. The van der Waals surface area contributed by atoms with Gasteiger partial charge in [0.25, 0.3) is 5.91 Å². The van der Waals surface area contributed by atoms with Gasteiger partial charge in [0.1, 0.15) is 17.7 Å². The summed E-state index contributed by atoms with van der Waals surface area (Å²) in [5.41, 5.74) is 0.655. The highest BCUT2D eigenvalue weighted by molar-refractivity contribution is 9.09. The van der Waals surface area contributed by atoms with E-state index in [1.165, 1.54) is 0 Å². The number of halogens is 2. The fraction of sp³-hybridized carbons (Fsp3) is 0.487. The molecule has 2 aromatic rings. The summed E-state index contributed by atoms with van der Waals surface area (Å²) in [5, 5.41) is 12.7. The van der Waals surface area contributed by atoms with Crippen LogP contribution in [0.25, 0.3) is 0 Å². The van der Waals surface area contributed by atoms with Crippen molar-refractivity contribution in [2.24, 2.45) is 11.8 Å². The zero-order valence-electron chi connectivity index (χ0n) is 29.1. The Hall–Kier alpha value is -3.51. The number of nitrogens with zero attached hydrogens (tertiary/aromatic N) is 2. The van der Waals surface area contributed by atoms with E-state index in [1.54, 1.807) is 34.9 Å². The van der Waals surface area contributed by atoms with Crippen LogP contribution in [0.15, 0.2) is 73.8 Å². The minimum Gasteiger partial charge on any atom is -0.455 e. The number of aryl methyl sites for hydroxylation is 1. The van der Waals surface area contributed by atoms with Crippen LogP contribution in [0.3, 0.4) is 0 Å². The average Bonchev–Trinajstić information content (AvgIpc) is 3.70. The Kier molecular flexibility index (Phi) is 12.8. The number of anilines is 1. The van der Waals surface area contributed by atoms with E-state index in [2.05, 4.69) is 34.4 Å². The largest absolute Gasteiger partial charge is 0.455 e. The van der Waals surface area contributed by atoms with Gasteiger partial charge in [0.2, 0.25) is 11.8 Å². The van der Waals surface area contributed by atoms with E-state index >= 15 is 0 Å². The maximum absolute atomic E-state index is 15.0. The first kappa shape index (κ1) is 38.7. The van der Waals surface area contributed by atoms with Crippen LogP contribution in [0.2, 0.25) is 5.02 Å². The molecule has 3 aliphatic rings. The lowest BCUT2D eigenvalue weighted by molar-refractivity contribution is -0.162. The molecule has 1 spiro atoms. The van der Waals surface area contributed by atoms with Crippen LogP contribution in [0.5, 0.6) is 0 Å². The highest BCUT2D eigenvalue weighted by atomic mass is 79.9. The molecule has 3 fully saturated rings. The number of fused-ring (bicyclic) bond motifs is 1. The molecular formula is C39H47BrClN3O7. The zero-order chi connectivity index (χ0) is 36.9. The number of hydrogen-bond acceptors (Lipinski definition) is 7. The van der Waals surface area contributed by atoms with E-state index in [-0.39, 0.29) is 48.7 Å². The lowest BCUT2D eigenvalue weighted by Crippen LogP contribution is -2.57. The molecule has 274 valence electrons. The molecule has 2 bridgehead atoms. The predicted octanol–water partition coefficient (Wildman–Crippen LogP) is 5.83. The van der Waals surface area contributed by atoms with Crippen molar-refractivity contribution in [3.63, 3.8) is 0 Å². The van der Waals surface area contributed by atoms with E-state index in [4.69, 9.17) is 21.1 Å². The lowest BCUT2D eigenvalue weighted by atomic mass is 9.70. The number of carbonyl (C=O) groups excluding carboxylic acids is 4. The maximum atomic E-state index is 15.0. The van der Waals surface area contributed by atoms with Gasteiger partial charge in [-0.25, -0.2) is 0 Å². The molecule has 12 heteroatoms. The van der Waals surface area contributed by atoms with Gasteiger partial charge in [-0.2, -0.15) is 0 Å². The monoisotopic (exact) mass is 783 g/mol. The number of benzene rings is 2. The Bertz CT molecular complexity index is 1600. The van der Waals surface area contributed by atoms with Crippen molar-refractivity contribution in [2.45, 2.75) is 87.1 Å². The molecule has 8 atom stereocenters. The summed E-state index contributed by atoms with van der Waals surface area (Å²) >= 11 is 10.4. The van der Waals surface area contributed by atoms with Crippen LogP contribution >= 0.6 is 27.5 Å². The fourth-order valence-electron chi connectivity index (χ4n) is 7.96. The summed E-state index contributed by atoms with van der Waals surface area (Å²) in [6.45, 7) is 11.6. The van der Waals surface area contributed by atoms with Crippen LogP contribution in [0, 0.1) is 18.8 Å². The van der Waals surface area contributed by atoms with Crippen molar-refractivity contribution in [1.82, 2.24) is 10.2 Å². The maximum Gasteiger partial charge on any atom is 0.313 e. The van der Waals surface area contributed by atoms with E-state index in [0.717, 1.165) is 5.56 Å². The number of likely N-dealkylation sites (tertiary alicyclic amines) is 1. The van der Waals surface area contributed by atoms with Crippen molar-refractivity contribution in [2.75, 3.05) is 24.6 Å². The first-order valence-corrected chi connectivity index (χ1v) is 18.9. The number of aliphatic hydroxyl groups excluding tert-OH is 1. The van der Waals surface area contributed by atoms with Crippen LogP contribution < -0.4 is 10.2 Å². The van der Waals surface area contributed by atoms with Crippen molar-refractivity contribution < 1.29 is 33.8 Å². The van der Waals surface area contributed by atoms with Crippen molar-refractivity contribution in [3.8, 4) is 0 Å². The number of hydrogen-bond donors (Lipinski definition) is 2. The molecule has 51 heavy (non-hydrogen) atoms. The van der Waals surface area contributed by atoms with Gasteiger partial charge in [0, 0.05) is 30.9 Å². The van der Waals surface area contributed by atoms with E-state index < -0.39 is 47.7 Å². The molecule has 10 nitrogen and oxygen atoms in total. The first-order valence-electron chi connectivity index (χ1n) is 17.6. The summed E-state index contributed by atoms with van der Waals surface area (Å²) in [6, 6.07) is 12.9. The van der Waals surface area contributed by atoms with Gasteiger partial charge in [0.15, 0.2) is 0 Å². The lowest BCUT2D eigenvalue weighted by Gasteiger charge is -2.37. The molecule has 0 saturated carbocycles. The SMILES string of the molecule is C=CCCC(=O)N[C@@H](C)[C@H](OC(=O)[C@@H]1[C@H]2O[C@@]3(CC2Br)[C@H](C(=O)N(CC=C)c2c(C)cccc2Cl)N(CCCCCO)C(=O)[C@@H]13)c1ccccc1. The molecule has 1 unspecified atom stereocenters. The van der Waals surface area contributed by atoms with Gasteiger partial charge < -0.3 is 29.7 Å². The Morgan fingerprint density at radius 3 is 2.57 bits per heavy atom. The minimum atomic E-state index is -1.32. The molecule has 3 aliphatic heterocycles. The second-order valence-electron chi connectivity index (χ2n) is 13.6. The average molecular weight is 785 g/mol. The van der Waals surface area contributed by atoms with E-state index in [1.807, 2.05) is 49.4 Å². The van der Waals surface area contributed by atoms with Crippen LogP contribution in [-0.4, -0.2) is 82.0 Å². The third kappa shape index (κ3) is 7.68. The number of allylic oxidation sites excluding steroid dienone is 1. The minimum absolute atomic E-state index is 0.0153. The number of aliphatic hydroxyl groups is 1. The van der Waals surface area contributed by atoms with Gasteiger partial charge >= 0.3 is 5.97 Å². The molecule has 3 saturated heterocycles. The molecule has 2 aromatic carbocycles. The molecule has 2 N–H and O–H groups in total. The number of para-hydroxylation sites is 1. The van der Waals surface area contributed by atoms with Gasteiger partial charge in [-0.15, -0.1) is 13.2 Å². The number of ether oxygens (including phenoxy) is 2. The Morgan fingerprint density at radius 1 is 1.16 bits per heavy atom. The molecule has 3 heterocycles.